The normalized spacial score (nSPS) is 18.0. The predicted molar refractivity (Wildman–Crippen MR) is 80.8 cm³/mol. The summed E-state index contributed by atoms with van der Waals surface area (Å²) in [5, 5.41) is 3.16. The van der Waals surface area contributed by atoms with E-state index in [9.17, 15) is 0 Å². The van der Waals surface area contributed by atoms with Crippen molar-refractivity contribution in [3.63, 3.8) is 0 Å². The molecule has 1 fully saturated rings. The monoisotopic (exact) mass is 361 g/mol. The van der Waals surface area contributed by atoms with Gasteiger partial charge in [-0.2, -0.15) is 0 Å². The van der Waals surface area contributed by atoms with Gasteiger partial charge in [-0.15, -0.1) is 0 Å². The number of nitrogens with one attached hydrogen (secondary N) is 1. The van der Waals surface area contributed by atoms with E-state index in [1.54, 1.807) is 7.11 Å². The Hall–Kier alpha value is -0.430. The lowest BCUT2D eigenvalue weighted by atomic mass is 10.0. The lowest BCUT2D eigenvalue weighted by molar-refractivity contribution is -0.0163. The second-order valence-electron chi connectivity index (χ2n) is 4.67. The van der Waals surface area contributed by atoms with Gasteiger partial charge in [0.2, 0.25) is 0 Å². The first-order valence-corrected chi connectivity index (χ1v) is 7.54. The van der Waals surface area contributed by atoms with E-state index in [1.807, 2.05) is 7.05 Å². The number of halogens is 1. The van der Waals surface area contributed by atoms with Crippen LogP contribution in [0.25, 0.3) is 0 Å². The van der Waals surface area contributed by atoms with Crippen molar-refractivity contribution in [1.82, 2.24) is 9.97 Å². The number of hydrogen-bond acceptors (Lipinski definition) is 4. The molecule has 1 aromatic rings. The summed E-state index contributed by atoms with van der Waals surface area (Å²) in [7, 11) is 3.68. The molecule has 4 nitrogen and oxygen atoms in total. The van der Waals surface area contributed by atoms with E-state index in [1.165, 1.54) is 12.8 Å². The van der Waals surface area contributed by atoms with Gasteiger partial charge in [-0.1, -0.05) is 6.92 Å². The van der Waals surface area contributed by atoms with E-state index < -0.39 is 0 Å². The van der Waals surface area contributed by atoms with Crippen molar-refractivity contribution in [2.24, 2.45) is 0 Å². The lowest BCUT2D eigenvalue weighted by Gasteiger charge is -2.26. The average Bonchev–Trinajstić information content (AvgIpc) is 2.89. The van der Waals surface area contributed by atoms with Crippen LogP contribution in [0.4, 0.5) is 5.82 Å². The SMILES string of the molecule is CCc1nc(C2(OC)CCCC2)nc(NC)c1I. The van der Waals surface area contributed by atoms with Crippen molar-refractivity contribution >= 4 is 28.4 Å². The minimum atomic E-state index is -0.264. The molecule has 18 heavy (non-hydrogen) atoms. The number of methoxy groups -OCH3 is 1. The minimum Gasteiger partial charge on any atom is -0.372 e. The van der Waals surface area contributed by atoms with Crippen LogP contribution in [-0.4, -0.2) is 24.1 Å². The second kappa shape index (κ2) is 5.69. The smallest absolute Gasteiger partial charge is 0.162 e. The molecule has 5 heteroatoms. The highest BCUT2D eigenvalue weighted by Crippen LogP contribution is 2.40. The van der Waals surface area contributed by atoms with Crippen molar-refractivity contribution in [2.75, 3.05) is 19.5 Å². The first kappa shape index (κ1) is 14.0. The zero-order valence-electron chi connectivity index (χ0n) is 11.2. The van der Waals surface area contributed by atoms with Crippen molar-refractivity contribution in [2.45, 2.75) is 44.6 Å². The van der Waals surface area contributed by atoms with Crippen LogP contribution in [0.3, 0.4) is 0 Å². The number of aromatic nitrogens is 2. The molecule has 1 aliphatic carbocycles. The highest BCUT2D eigenvalue weighted by Gasteiger charge is 2.39. The van der Waals surface area contributed by atoms with E-state index in [2.05, 4.69) is 39.8 Å². The third kappa shape index (κ3) is 2.34. The van der Waals surface area contributed by atoms with Crippen LogP contribution in [0.5, 0.6) is 0 Å². The molecule has 0 spiro atoms. The lowest BCUT2D eigenvalue weighted by Crippen LogP contribution is -2.28. The molecule has 0 bridgehead atoms. The molecule has 1 heterocycles. The van der Waals surface area contributed by atoms with Crippen LogP contribution in [0.2, 0.25) is 0 Å². The summed E-state index contributed by atoms with van der Waals surface area (Å²) in [4.78, 5) is 9.41. The fourth-order valence-electron chi connectivity index (χ4n) is 2.56. The third-order valence-corrected chi connectivity index (χ3v) is 4.83. The van der Waals surface area contributed by atoms with E-state index in [0.717, 1.165) is 40.2 Å². The molecule has 0 atom stereocenters. The number of rotatable bonds is 4. The minimum absolute atomic E-state index is 0.264. The number of hydrogen-bond donors (Lipinski definition) is 1. The molecule has 1 aliphatic rings. The maximum atomic E-state index is 5.77. The molecule has 0 amide bonds. The maximum Gasteiger partial charge on any atom is 0.162 e. The number of ether oxygens (including phenoxy) is 1. The Bertz CT molecular complexity index is 405. The second-order valence-corrected chi connectivity index (χ2v) is 5.74. The van der Waals surface area contributed by atoms with Crippen molar-refractivity contribution in [1.29, 1.82) is 0 Å². The van der Waals surface area contributed by atoms with Crippen LogP contribution in [0.1, 0.15) is 44.1 Å². The van der Waals surface area contributed by atoms with Gasteiger partial charge in [-0.25, -0.2) is 9.97 Å². The van der Waals surface area contributed by atoms with E-state index in [0.29, 0.717) is 0 Å². The van der Waals surface area contributed by atoms with Crippen molar-refractivity contribution in [3.8, 4) is 0 Å². The first-order chi connectivity index (χ1) is 8.66. The van der Waals surface area contributed by atoms with Crippen molar-refractivity contribution in [3.05, 3.63) is 15.1 Å². The van der Waals surface area contributed by atoms with Gasteiger partial charge in [0.25, 0.3) is 0 Å². The molecule has 0 unspecified atom stereocenters. The van der Waals surface area contributed by atoms with Gasteiger partial charge < -0.3 is 10.1 Å². The molecule has 0 radical (unpaired) electrons. The van der Waals surface area contributed by atoms with Gasteiger partial charge in [0.1, 0.15) is 11.4 Å². The van der Waals surface area contributed by atoms with Crippen LogP contribution < -0.4 is 5.32 Å². The molecule has 0 aromatic carbocycles. The van der Waals surface area contributed by atoms with E-state index in [4.69, 9.17) is 9.72 Å². The van der Waals surface area contributed by atoms with Crippen LogP contribution in [0, 0.1) is 3.57 Å². The number of aryl methyl sites for hydroxylation is 1. The summed E-state index contributed by atoms with van der Waals surface area (Å²) in [5.74, 6) is 1.77. The predicted octanol–water partition coefficient (Wildman–Crippen LogP) is 3.10. The number of nitrogens with zero attached hydrogens (tertiary/aromatic N) is 2. The highest BCUT2D eigenvalue weighted by atomic mass is 127. The summed E-state index contributed by atoms with van der Waals surface area (Å²) in [6.07, 6.45) is 5.36. The molecule has 0 aliphatic heterocycles. The Morgan fingerprint density at radius 2 is 2.00 bits per heavy atom. The first-order valence-electron chi connectivity index (χ1n) is 6.46. The topological polar surface area (TPSA) is 47.0 Å². The molecule has 2 rings (SSSR count). The van der Waals surface area contributed by atoms with Crippen molar-refractivity contribution < 1.29 is 4.74 Å². The largest absolute Gasteiger partial charge is 0.372 e. The van der Waals surface area contributed by atoms with Crippen LogP contribution in [-0.2, 0) is 16.8 Å². The number of anilines is 1. The highest BCUT2D eigenvalue weighted by molar-refractivity contribution is 14.1. The third-order valence-electron chi connectivity index (χ3n) is 3.70. The van der Waals surface area contributed by atoms with Gasteiger partial charge in [0, 0.05) is 14.2 Å². The van der Waals surface area contributed by atoms with Crippen LogP contribution in [0.15, 0.2) is 0 Å². The maximum absolute atomic E-state index is 5.77. The van der Waals surface area contributed by atoms with Gasteiger partial charge >= 0.3 is 0 Å². The Balaban J connectivity index is 2.50. The molecule has 100 valence electrons. The average molecular weight is 361 g/mol. The van der Waals surface area contributed by atoms with E-state index >= 15 is 0 Å². The molecular weight excluding hydrogens is 341 g/mol. The van der Waals surface area contributed by atoms with E-state index in [-0.39, 0.29) is 5.60 Å². The summed E-state index contributed by atoms with van der Waals surface area (Å²) >= 11 is 2.31. The summed E-state index contributed by atoms with van der Waals surface area (Å²) < 4.78 is 6.88. The Labute approximate surface area is 122 Å². The summed E-state index contributed by atoms with van der Waals surface area (Å²) in [5.41, 5.74) is 0.841. The molecule has 1 N–H and O–H groups in total. The van der Waals surface area contributed by atoms with Crippen LogP contribution >= 0.6 is 22.6 Å². The zero-order valence-corrected chi connectivity index (χ0v) is 13.4. The molecule has 1 aromatic heterocycles. The quantitative estimate of drug-likeness (QED) is 0.838. The molecule has 1 saturated carbocycles. The standard InChI is InChI=1S/C13H20IN3O/c1-4-9-10(14)11(15-2)17-12(16-9)13(18-3)7-5-6-8-13/h4-8H2,1-3H3,(H,15,16,17). The fraction of sp³-hybridized carbons (Fsp3) is 0.692. The van der Waals surface area contributed by atoms with Gasteiger partial charge in [-0.3, -0.25) is 0 Å². The molecular formula is C13H20IN3O. The zero-order chi connectivity index (χ0) is 13.2. The van der Waals surface area contributed by atoms with Gasteiger partial charge in [-0.05, 0) is 54.7 Å². The summed E-state index contributed by atoms with van der Waals surface area (Å²) in [6.45, 7) is 2.13. The molecule has 0 saturated heterocycles. The Morgan fingerprint density at radius 1 is 1.33 bits per heavy atom. The van der Waals surface area contributed by atoms with Gasteiger partial charge in [0.05, 0.1) is 9.26 Å². The fourth-order valence-corrected chi connectivity index (χ4v) is 3.45. The summed E-state index contributed by atoms with van der Waals surface area (Å²) in [6, 6.07) is 0. The van der Waals surface area contributed by atoms with Gasteiger partial charge in [0.15, 0.2) is 5.82 Å². The Kier molecular flexibility index (Phi) is 4.42. The Morgan fingerprint density at radius 3 is 2.50 bits per heavy atom.